The average molecular weight is 856 g/mol. The van der Waals surface area contributed by atoms with Crippen LogP contribution in [0.5, 0.6) is 0 Å². The molecule has 2 unspecified atom stereocenters. The van der Waals surface area contributed by atoms with E-state index in [9.17, 15) is 30.3 Å². The highest BCUT2D eigenvalue weighted by molar-refractivity contribution is 5.76. The number of hydrogen-bond donors (Lipinski definition) is 6. The molecule has 1 aliphatic rings. The molecule has 1 aliphatic heterocycles. The van der Waals surface area contributed by atoms with Gasteiger partial charge in [0.25, 0.3) is 0 Å². The summed E-state index contributed by atoms with van der Waals surface area (Å²) in [6.45, 7) is 3.86. The predicted molar refractivity (Wildman–Crippen MR) is 249 cm³/mol. The van der Waals surface area contributed by atoms with Gasteiger partial charge in [0.15, 0.2) is 6.29 Å². The Balaban J connectivity index is 2.17. The number of aliphatic hydroxyl groups excluding tert-OH is 5. The van der Waals surface area contributed by atoms with Gasteiger partial charge in [0.2, 0.25) is 5.91 Å². The Kier molecular flexibility index (Phi) is 40.2. The van der Waals surface area contributed by atoms with Gasteiger partial charge in [-0.05, 0) is 12.8 Å². The molecule has 0 aromatic heterocycles. The molecule has 6 N–H and O–H groups in total. The van der Waals surface area contributed by atoms with E-state index < -0.39 is 49.5 Å². The summed E-state index contributed by atoms with van der Waals surface area (Å²) in [7, 11) is 0. The summed E-state index contributed by atoms with van der Waals surface area (Å²) < 4.78 is 11.3. The third-order valence-electron chi connectivity index (χ3n) is 13.0. The molecule has 358 valence electrons. The standard InChI is InChI=1S/C51H101NO8/c1-3-5-7-9-11-13-15-17-18-19-20-21-22-23-24-25-26-27-28-29-31-33-35-37-39-41-47(55)52-44(43-59-51-50(58)49(57)48(56)46(42-53)60-51)45(54)40-38-36-34-32-30-16-14-12-10-8-6-4-2/h44-46,48-51,53-54,56-58H,3-43H2,1-2H3,(H,52,55)/t44-,45+,46+,48-,49?,50?,51+/m0/s1. The third-order valence-corrected chi connectivity index (χ3v) is 13.0. The molecular weight excluding hydrogens is 755 g/mol. The number of hydrogen-bond acceptors (Lipinski definition) is 8. The number of rotatable bonds is 45. The molecule has 9 heteroatoms. The van der Waals surface area contributed by atoms with Crippen LogP contribution < -0.4 is 5.32 Å². The van der Waals surface area contributed by atoms with Gasteiger partial charge in [0.05, 0.1) is 25.4 Å². The van der Waals surface area contributed by atoms with Crippen LogP contribution in [0.4, 0.5) is 0 Å². The van der Waals surface area contributed by atoms with Crippen molar-refractivity contribution in [2.24, 2.45) is 0 Å². The molecule has 1 saturated heterocycles. The first kappa shape index (κ1) is 57.2. The Morgan fingerprint density at radius 1 is 0.500 bits per heavy atom. The number of aliphatic hydroxyl groups is 5. The zero-order chi connectivity index (χ0) is 43.7. The van der Waals surface area contributed by atoms with E-state index in [4.69, 9.17) is 9.47 Å². The van der Waals surface area contributed by atoms with Gasteiger partial charge in [-0.15, -0.1) is 0 Å². The quantitative estimate of drug-likeness (QED) is 0.0332. The Morgan fingerprint density at radius 2 is 0.833 bits per heavy atom. The number of amides is 1. The SMILES string of the molecule is CCCCCCCCCCCCCCCCCCCCCCCCCCCC(=O)N[C@@H](CO[C@@H]1O[C@H](CO)[C@H](O)C(O)C1O)[C@H](O)CCCCCCCCCCCCCC. The fraction of sp³-hybridized carbons (Fsp3) is 0.980. The summed E-state index contributed by atoms with van der Waals surface area (Å²) in [4.78, 5) is 13.0. The Hall–Kier alpha value is -0.810. The largest absolute Gasteiger partial charge is 0.394 e. The lowest BCUT2D eigenvalue weighted by Gasteiger charge is -2.40. The van der Waals surface area contributed by atoms with E-state index in [0.29, 0.717) is 12.8 Å². The Bertz CT molecular complexity index is 908. The summed E-state index contributed by atoms with van der Waals surface area (Å²) in [5, 5.41) is 54.4. The summed E-state index contributed by atoms with van der Waals surface area (Å²) >= 11 is 0. The van der Waals surface area contributed by atoms with E-state index in [1.54, 1.807) is 0 Å². The number of carbonyl (C=O) groups is 1. The minimum atomic E-state index is -1.55. The van der Waals surface area contributed by atoms with E-state index in [1.807, 2.05) is 0 Å². The van der Waals surface area contributed by atoms with E-state index in [1.165, 1.54) is 199 Å². The second-order valence-electron chi connectivity index (χ2n) is 18.7. The van der Waals surface area contributed by atoms with Crippen molar-refractivity contribution in [1.29, 1.82) is 0 Å². The highest BCUT2D eigenvalue weighted by Crippen LogP contribution is 2.23. The molecule has 1 heterocycles. The highest BCUT2D eigenvalue weighted by Gasteiger charge is 2.44. The second-order valence-corrected chi connectivity index (χ2v) is 18.7. The lowest BCUT2D eigenvalue weighted by atomic mass is 9.99. The average Bonchev–Trinajstić information content (AvgIpc) is 3.25. The second kappa shape index (κ2) is 42.2. The first-order chi connectivity index (χ1) is 29.3. The van der Waals surface area contributed by atoms with Gasteiger partial charge in [-0.1, -0.05) is 245 Å². The fourth-order valence-electron chi connectivity index (χ4n) is 8.75. The number of unbranched alkanes of at least 4 members (excludes halogenated alkanes) is 35. The first-order valence-corrected chi connectivity index (χ1v) is 26.2. The van der Waals surface area contributed by atoms with Crippen molar-refractivity contribution in [3.63, 3.8) is 0 Å². The minimum absolute atomic E-state index is 0.132. The van der Waals surface area contributed by atoms with Crippen LogP contribution in [-0.4, -0.2) is 87.5 Å². The minimum Gasteiger partial charge on any atom is -0.394 e. The van der Waals surface area contributed by atoms with Crippen molar-refractivity contribution in [2.45, 2.75) is 307 Å². The molecule has 9 nitrogen and oxygen atoms in total. The molecule has 1 fully saturated rings. The van der Waals surface area contributed by atoms with Gasteiger partial charge in [0.1, 0.15) is 24.4 Å². The molecule has 0 aromatic carbocycles. The van der Waals surface area contributed by atoms with Gasteiger partial charge < -0.3 is 40.3 Å². The monoisotopic (exact) mass is 856 g/mol. The molecule has 1 rings (SSSR count). The lowest BCUT2D eigenvalue weighted by Crippen LogP contribution is -2.60. The zero-order valence-electron chi connectivity index (χ0n) is 39.5. The maximum atomic E-state index is 13.0. The highest BCUT2D eigenvalue weighted by atomic mass is 16.7. The molecule has 0 aliphatic carbocycles. The van der Waals surface area contributed by atoms with Crippen LogP contribution in [0.15, 0.2) is 0 Å². The van der Waals surface area contributed by atoms with Crippen LogP contribution in [0.1, 0.15) is 264 Å². The van der Waals surface area contributed by atoms with E-state index >= 15 is 0 Å². The summed E-state index contributed by atoms with van der Waals surface area (Å²) in [6.07, 6.45) is 41.3. The molecule has 0 spiro atoms. The third kappa shape index (κ3) is 31.9. The van der Waals surface area contributed by atoms with Crippen LogP contribution in [0.25, 0.3) is 0 Å². The van der Waals surface area contributed by atoms with Crippen LogP contribution in [0, 0.1) is 0 Å². The van der Waals surface area contributed by atoms with Crippen LogP contribution in [0.3, 0.4) is 0 Å². The van der Waals surface area contributed by atoms with Crippen LogP contribution in [-0.2, 0) is 14.3 Å². The zero-order valence-corrected chi connectivity index (χ0v) is 39.5. The first-order valence-electron chi connectivity index (χ1n) is 26.2. The van der Waals surface area contributed by atoms with Crippen molar-refractivity contribution in [2.75, 3.05) is 13.2 Å². The van der Waals surface area contributed by atoms with Crippen molar-refractivity contribution in [1.82, 2.24) is 5.32 Å². The summed E-state index contributed by atoms with van der Waals surface area (Å²) in [5.41, 5.74) is 0. The van der Waals surface area contributed by atoms with Gasteiger partial charge in [-0.25, -0.2) is 0 Å². The normalized spacial score (nSPS) is 20.4. The van der Waals surface area contributed by atoms with Crippen molar-refractivity contribution in [3.05, 3.63) is 0 Å². The molecule has 0 saturated carbocycles. The Morgan fingerprint density at radius 3 is 1.18 bits per heavy atom. The Labute approximate surface area is 370 Å². The van der Waals surface area contributed by atoms with Crippen LogP contribution >= 0.6 is 0 Å². The van der Waals surface area contributed by atoms with Crippen molar-refractivity contribution in [3.8, 4) is 0 Å². The molecule has 0 radical (unpaired) electrons. The van der Waals surface area contributed by atoms with E-state index in [-0.39, 0.29) is 12.5 Å². The molecule has 1 amide bonds. The molecular formula is C51H101NO8. The topological polar surface area (TPSA) is 149 Å². The fourth-order valence-corrected chi connectivity index (χ4v) is 8.75. The summed E-state index contributed by atoms with van der Waals surface area (Å²) in [5.74, 6) is -0.139. The maximum Gasteiger partial charge on any atom is 0.220 e. The van der Waals surface area contributed by atoms with Crippen LogP contribution in [0.2, 0.25) is 0 Å². The lowest BCUT2D eigenvalue weighted by molar-refractivity contribution is -0.302. The van der Waals surface area contributed by atoms with E-state index in [2.05, 4.69) is 19.2 Å². The molecule has 0 aromatic rings. The maximum absolute atomic E-state index is 13.0. The molecule has 0 bridgehead atoms. The number of nitrogens with one attached hydrogen (secondary N) is 1. The number of ether oxygens (including phenoxy) is 2. The summed E-state index contributed by atoms with van der Waals surface area (Å²) in [6, 6.07) is -0.711. The van der Waals surface area contributed by atoms with Gasteiger partial charge in [-0.2, -0.15) is 0 Å². The van der Waals surface area contributed by atoms with E-state index in [0.717, 1.165) is 38.5 Å². The van der Waals surface area contributed by atoms with Gasteiger partial charge in [0, 0.05) is 6.42 Å². The smallest absolute Gasteiger partial charge is 0.220 e. The van der Waals surface area contributed by atoms with Crippen molar-refractivity contribution >= 4 is 5.91 Å². The predicted octanol–water partition coefficient (Wildman–Crippen LogP) is 11.9. The van der Waals surface area contributed by atoms with Crippen molar-refractivity contribution < 1.29 is 39.8 Å². The molecule has 7 atom stereocenters. The van der Waals surface area contributed by atoms with Gasteiger partial charge in [-0.3, -0.25) is 4.79 Å². The molecule has 60 heavy (non-hydrogen) atoms. The number of carbonyl (C=O) groups excluding carboxylic acids is 1. The van der Waals surface area contributed by atoms with Gasteiger partial charge >= 0.3 is 0 Å².